The molecule has 1 aromatic carbocycles. The van der Waals surface area contributed by atoms with E-state index in [0.29, 0.717) is 49.4 Å². The molecule has 8 nitrogen and oxygen atoms in total. The fourth-order valence-corrected chi connectivity index (χ4v) is 6.68. The van der Waals surface area contributed by atoms with Crippen molar-refractivity contribution in [3.8, 4) is 0 Å². The minimum absolute atomic E-state index is 0.120. The molecule has 0 aromatic heterocycles. The first kappa shape index (κ1) is 29.3. The van der Waals surface area contributed by atoms with Crippen molar-refractivity contribution in [2.45, 2.75) is 69.1 Å². The maximum absolute atomic E-state index is 14.4. The minimum atomic E-state index is -1.10. The molecule has 1 aromatic rings. The van der Waals surface area contributed by atoms with Gasteiger partial charge in [0.15, 0.2) is 0 Å². The second kappa shape index (κ2) is 13.1. The number of nitrogens with zero attached hydrogens (tertiary/aromatic N) is 2. The Bertz CT molecular complexity index is 1080. The van der Waals surface area contributed by atoms with E-state index in [2.05, 4.69) is 13.2 Å². The lowest BCUT2D eigenvalue weighted by atomic mass is 9.70. The number of aliphatic hydroxyl groups is 1. The van der Waals surface area contributed by atoms with E-state index >= 15 is 0 Å². The molecule has 3 aliphatic rings. The Kier molecular flexibility index (Phi) is 9.86. The highest BCUT2D eigenvalue weighted by Crippen LogP contribution is 2.59. The number of ether oxygens (including phenoxy) is 2. The van der Waals surface area contributed by atoms with Crippen LogP contribution in [0.3, 0.4) is 0 Å². The summed E-state index contributed by atoms with van der Waals surface area (Å²) >= 11 is 6.50. The standard InChI is InChI=1S/C30H39ClN2O6/c1-3-5-12-20-38-29(37)24-23-15-16-30(39-23)25(24)27(35)33(18-10-6-7-11-19-34)26(30)28(36)32(17-4-2)22-14-9-8-13-21(22)31/h3-4,8-9,13-14,23-26,34H,1-2,5-7,10-12,15-20H2/t23-,24+,25+,26?,30?/m1/s1. The molecule has 4 rings (SSSR count). The number of hydrogen-bond acceptors (Lipinski definition) is 6. The van der Waals surface area contributed by atoms with Gasteiger partial charge in [-0.1, -0.05) is 48.7 Å². The van der Waals surface area contributed by atoms with Crippen molar-refractivity contribution in [3.05, 3.63) is 54.6 Å². The fourth-order valence-electron chi connectivity index (χ4n) is 6.44. The Morgan fingerprint density at radius 3 is 2.67 bits per heavy atom. The molecule has 3 saturated heterocycles. The van der Waals surface area contributed by atoms with Gasteiger partial charge in [0, 0.05) is 19.7 Å². The van der Waals surface area contributed by atoms with Crippen LogP contribution in [0.25, 0.3) is 0 Å². The average molecular weight is 559 g/mol. The summed E-state index contributed by atoms with van der Waals surface area (Å²) in [7, 11) is 0. The third kappa shape index (κ3) is 5.65. The first-order valence-electron chi connectivity index (χ1n) is 13.9. The van der Waals surface area contributed by atoms with Gasteiger partial charge in [0.1, 0.15) is 11.6 Å². The molecule has 2 amide bonds. The fraction of sp³-hybridized carbons (Fsp3) is 0.567. The van der Waals surface area contributed by atoms with Crippen molar-refractivity contribution in [3.63, 3.8) is 0 Å². The number of halogens is 1. The molecule has 0 radical (unpaired) electrons. The van der Waals surface area contributed by atoms with Gasteiger partial charge >= 0.3 is 5.97 Å². The highest BCUT2D eigenvalue weighted by Gasteiger charge is 2.75. The number of rotatable bonds is 15. The maximum atomic E-state index is 14.4. The number of anilines is 1. The molecule has 1 N–H and O–H groups in total. The second-order valence-electron chi connectivity index (χ2n) is 10.5. The van der Waals surface area contributed by atoms with E-state index < -0.39 is 35.6 Å². The minimum Gasteiger partial charge on any atom is -0.465 e. The summed E-state index contributed by atoms with van der Waals surface area (Å²) in [5, 5.41) is 9.55. The zero-order chi connectivity index (χ0) is 28.0. The number of esters is 1. The zero-order valence-corrected chi connectivity index (χ0v) is 23.2. The van der Waals surface area contributed by atoms with Crippen LogP contribution in [-0.4, -0.2) is 71.8 Å². The van der Waals surface area contributed by atoms with Gasteiger partial charge in [0.25, 0.3) is 5.91 Å². The van der Waals surface area contributed by atoms with Crippen LogP contribution in [-0.2, 0) is 23.9 Å². The molecule has 0 aliphatic carbocycles. The van der Waals surface area contributed by atoms with Crippen molar-refractivity contribution in [1.82, 2.24) is 4.90 Å². The third-order valence-electron chi connectivity index (χ3n) is 8.13. The van der Waals surface area contributed by atoms with Crippen molar-refractivity contribution in [2.24, 2.45) is 11.8 Å². The Hall–Kier alpha value is -2.68. The van der Waals surface area contributed by atoms with Gasteiger partial charge in [-0.05, 0) is 50.7 Å². The van der Waals surface area contributed by atoms with E-state index in [0.717, 1.165) is 19.3 Å². The van der Waals surface area contributed by atoms with Gasteiger partial charge in [-0.25, -0.2) is 0 Å². The lowest BCUT2D eigenvalue weighted by Gasteiger charge is -2.37. The molecule has 9 heteroatoms. The summed E-state index contributed by atoms with van der Waals surface area (Å²) in [6, 6.07) is 6.19. The number of allylic oxidation sites excluding steroid dienone is 1. The molecule has 2 unspecified atom stereocenters. The smallest absolute Gasteiger partial charge is 0.312 e. The van der Waals surface area contributed by atoms with E-state index in [4.69, 9.17) is 26.2 Å². The SMILES string of the molecule is C=CCCCOC(=O)[C@@H]1[C@H]2C(=O)N(CCCCCCO)C(C(=O)N(CC=C)c3ccccc3Cl)C23CC[C@H]1O3. The summed E-state index contributed by atoms with van der Waals surface area (Å²) in [6.45, 7) is 8.46. The van der Waals surface area contributed by atoms with Gasteiger partial charge in [-0.3, -0.25) is 14.4 Å². The number of hydrogen-bond donors (Lipinski definition) is 1. The molecule has 212 valence electrons. The molecule has 3 fully saturated rings. The van der Waals surface area contributed by atoms with Crippen LogP contribution in [0.1, 0.15) is 51.4 Å². The summed E-state index contributed by atoms with van der Waals surface area (Å²) < 4.78 is 12.1. The van der Waals surface area contributed by atoms with Crippen LogP contribution < -0.4 is 4.90 Å². The number of fused-ring (bicyclic) bond motifs is 1. The number of amides is 2. The Labute approximate surface area is 235 Å². The van der Waals surface area contributed by atoms with Crippen molar-refractivity contribution in [2.75, 3.05) is 31.2 Å². The number of benzene rings is 1. The summed E-state index contributed by atoms with van der Waals surface area (Å²) in [4.78, 5) is 44.9. The Morgan fingerprint density at radius 1 is 1.18 bits per heavy atom. The van der Waals surface area contributed by atoms with Crippen LogP contribution in [0.2, 0.25) is 5.02 Å². The molecule has 2 bridgehead atoms. The quantitative estimate of drug-likeness (QED) is 0.196. The lowest BCUT2D eigenvalue weighted by molar-refractivity contribution is -0.155. The molecule has 0 saturated carbocycles. The number of unbranched alkanes of at least 4 members (excludes halogenated alkanes) is 4. The number of aliphatic hydroxyl groups excluding tert-OH is 1. The van der Waals surface area contributed by atoms with E-state index in [9.17, 15) is 14.4 Å². The number of carbonyl (C=O) groups is 3. The van der Waals surface area contributed by atoms with E-state index in [1.165, 1.54) is 0 Å². The van der Waals surface area contributed by atoms with E-state index in [1.807, 2.05) is 0 Å². The average Bonchev–Trinajstić information content (AvgIpc) is 3.57. The highest BCUT2D eigenvalue weighted by molar-refractivity contribution is 6.34. The topological polar surface area (TPSA) is 96.4 Å². The Morgan fingerprint density at radius 2 is 1.95 bits per heavy atom. The molecule has 3 aliphatic heterocycles. The molecule has 3 heterocycles. The van der Waals surface area contributed by atoms with Gasteiger partial charge in [0.2, 0.25) is 5.91 Å². The van der Waals surface area contributed by atoms with Crippen molar-refractivity contribution in [1.29, 1.82) is 0 Å². The molecule has 1 spiro atoms. The third-order valence-corrected chi connectivity index (χ3v) is 8.45. The van der Waals surface area contributed by atoms with Crippen LogP contribution in [0.5, 0.6) is 0 Å². The highest BCUT2D eigenvalue weighted by atomic mass is 35.5. The zero-order valence-electron chi connectivity index (χ0n) is 22.4. The first-order chi connectivity index (χ1) is 18.9. The van der Waals surface area contributed by atoms with E-state index in [-0.39, 0.29) is 31.6 Å². The number of para-hydroxylation sites is 1. The molecule has 39 heavy (non-hydrogen) atoms. The summed E-state index contributed by atoms with van der Waals surface area (Å²) in [6.07, 6.45) is 8.41. The van der Waals surface area contributed by atoms with Gasteiger partial charge in [-0.15, -0.1) is 13.2 Å². The lowest BCUT2D eigenvalue weighted by Crippen LogP contribution is -2.56. The molecular weight excluding hydrogens is 520 g/mol. The van der Waals surface area contributed by atoms with Crippen molar-refractivity contribution >= 4 is 35.1 Å². The maximum Gasteiger partial charge on any atom is 0.312 e. The van der Waals surface area contributed by atoms with Crippen LogP contribution in [0, 0.1) is 11.8 Å². The number of carbonyl (C=O) groups excluding carboxylic acids is 3. The van der Waals surface area contributed by atoms with Crippen LogP contribution >= 0.6 is 11.6 Å². The number of likely N-dealkylation sites (tertiary alicyclic amines) is 1. The second-order valence-corrected chi connectivity index (χ2v) is 10.9. The monoisotopic (exact) mass is 558 g/mol. The molecule has 5 atom stereocenters. The first-order valence-corrected chi connectivity index (χ1v) is 14.3. The molecular formula is C30H39ClN2O6. The van der Waals surface area contributed by atoms with Crippen LogP contribution in [0.15, 0.2) is 49.6 Å². The Balaban J connectivity index is 1.66. The van der Waals surface area contributed by atoms with E-state index in [1.54, 1.807) is 46.2 Å². The van der Waals surface area contributed by atoms with Gasteiger partial charge in [0.05, 0.1) is 35.3 Å². The summed E-state index contributed by atoms with van der Waals surface area (Å²) in [5.74, 6) is -2.48. The van der Waals surface area contributed by atoms with Gasteiger partial charge in [-0.2, -0.15) is 0 Å². The van der Waals surface area contributed by atoms with Crippen LogP contribution in [0.4, 0.5) is 5.69 Å². The normalized spacial score (nSPS) is 26.9. The predicted molar refractivity (Wildman–Crippen MR) is 149 cm³/mol. The largest absolute Gasteiger partial charge is 0.465 e. The predicted octanol–water partition coefficient (Wildman–Crippen LogP) is 4.30. The summed E-state index contributed by atoms with van der Waals surface area (Å²) in [5.41, 5.74) is -0.569. The van der Waals surface area contributed by atoms with Crippen molar-refractivity contribution < 1.29 is 29.0 Å². The van der Waals surface area contributed by atoms with Gasteiger partial charge < -0.3 is 24.4 Å².